The van der Waals surface area contributed by atoms with Gasteiger partial charge in [-0.3, -0.25) is 4.90 Å². The summed E-state index contributed by atoms with van der Waals surface area (Å²) in [4.78, 5) is 8.42. The van der Waals surface area contributed by atoms with Gasteiger partial charge in [0, 0.05) is 18.2 Å². The molecule has 9 nitrogen and oxygen atoms in total. The topological polar surface area (TPSA) is 92.8 Å². The van der Waals surface area contributed by atoms with Crippen LogP contribution in [0.2, 0.25) is 0 Å². The van der Waals surface area contributed by atoms with Gasteiger partial charge in [-0.05, 0) is 109 Å². The predicted octanol–water partition coefficient (Wildman–Crippen LogP) is 6.86. The second-order valence-corrected chi connectivity index (χ2v) is 13.3. The Labute approximate surface area is 273 Å². The summed E-state index contributed by atoms with van der Waals surface area (Å²) >= 11 is 0. The quantitative estimate of drug-likeness (QED) is 0.129. The number of methoxy groups -OCH3 is 3. The molecule has 1 heterocycles. The number of rotatable bonds is 15. The Morgan fingerprint density at radius 2 is 1.46 bits per heavy atom. The van der Waals surface area contributed by atoms with Crippen LogP contribution in [-0.2, 0) is 25.8 Å². The minimum atomic E-state index is -3.93. The molecule has 1 aliphatic carbocycles. The number of likely N-dealkylation sites (tertiary alicyclic amines) is 1. The van der Waals surface area contributed by atoms with Crippen molar-refractivity contribution in [2.45, 2.75) is 51.6 Å². The van der Waals surface area contributed by atoms with Gasteiger partial charge in [0.05, 0.1) is 27.1 Å². The zero-order valence-electron chi connectivity index (χ0n) is 27.3. The first-order chi connectivity index (χ1) is 22.4. The minimum absolute atomic E-state index is 0.157. The SMILES string of the molecule is CCCS(=O)(=O)OOC(C1=C(c2ccc(OC)cc2OC)CCc2cc(OC)ccc21)c1ccc(OCCN2CCCCC2)cc1. The number of nitrogens with zero attached hydrogens (tertiary/aromatic N) is 1. The summed E-state index contributed by atoms with van der Waals surface area (Å²) in [6.07, 6.45) is 4.68. The molecule has 0 N–H and O–H groups in total. The molecule has 248 valence electrons. The Hall–Kier alpha value is -3.57. The lowest BCUT2D eigenvalue weighted by Crippen LogP contribution is -2.33. The molecule has 0 bridgehead atoms. The first kappa shape index (κ1) is 33.8. The molecule has 0 spiro atoms. The van der Waals surface area contributed by atoms with Crippen LogP contribution in [0.4, 0.5) is 0 Å². The number of piperidine rings is 1. The van der Waals surface area contributed by atoms with Crippen molar-refractivity contribution in [3.05, 3.63) is 82.9 Å². The van der Waals surface area contributed by atoms with E-state index in [9.17, 15) is 8.42 Å². The summed E-state index contributed by atoms with van der Waals surface area (Å²) in [5.74, 6) is 2.63. The van der Waals surface area contributed by atoms with Crippen LogP contribution >= 0.6 is 0 Å². The Kier molecular flexibility index (Phi) is 11.6. The molecule has 0 radical (unpaired) electrons. The van der Waals surface area contributed by atoms with Crippen molar-refractivity contribution >= 4 is 21.3 Å². The van der Waals surface area contributed by atoms with Gasteiger partial charge < -0.3 is 18.9 Å². The van der Waals surface area contributed by atoms with Crippen molar-refractivity contribution in [1.82, 2.24) is 4.90 Å². The summed E-state index contributed by atoms with van der Waals surface area (Å²) in [6.45, 7) is 5.50. The first-order valence-corrected chi connectivity index (χ1v) is 17.6. The molecule has 0 aromatic heterocycles. The van der Waals surface area contributed by atoms with E-state index in [4.69, 9.17) is 28.2 Å². The smallest absolute Gasteiger partial charge is 0.293 e. The maximum Gasteiger partial charge on any atom is 0.293 e. The largest absolute Gasteiger partial charge is 0.497 e. The molecule has 46 heavy (non-hydrogen) atoms. The van der Waals surface area contributed by atoms with Crippen LogP contribution in [0.5, 0.6) is 23.0 Å². The summed E-state index contributed by atoms with van der Waals surface area (Å²) in [5, 5.41) is 0. The number of benzene rings is 3. The van der Waals surface area contributed by atoms with E-state index in [0.29, 0.717) is 30.9 Å². The van der Waals surface area contributed by atoms with Gasteiger partial charge in [-0.25, -0.2) is 4.89 Å². The van der Waals surface area contributed by atoms with Crippen molar-refractivity contribution in [2.24, 2.45) is 0 Å². The molecular weight excluding hydrogens is 606 g/mol. The monoisotopic (exact) mass is 651 g/mol. The van der Waals surface area contributed by atoms with Gasteiger partial charge in [0.1, 0.15) is 35.7 Å². The molecule has 1 saturated heterocycles. The van der Waals surface area contributed by atoms with Gasteiger partial charge in [0.15, 0.2) is 0 Å². The maximum atomic E-state index is 12.8. The zero-order chi connectivity index (χ0) is 32.5. The average Bonchev–Trinajstić information content (AvgIpc) is 3.08. The number of aryl methyl sites for hydroxylation is 1. The molecule has 0 amide bonds. The zero-order valence-corrected chi connectivity index (χ0v) is 28.1. The highest BCUT2D eigenvalue weighted by Gasteiger charge is 2.32. The van der Waals surface area contributed by atoms with Crippen LogP contribution < -0.4 is 18.9 Å². The molecule has 1 atom stereocenters. The normalized spacial score (nSPS) is 16.1. The molecule has 2 aliphatic rings. The Morgan fingerprint density at radius 3 is 2.13 bits per heavy atom. The summed E-state index contributed by atoms with van der Waals surface area (Å²) < 4.78 is 53.7. The number of hydrogen-bond donors (Lipinski definition) is 0. The van der Waals surface area contributed by atoms with Gasteiger partial charge in [0.25, 0.3) is 10.1 Å². The van der Waals surface area contributed by atoms with E-state index in [2.05, 4.69) is 4.90 Å². The second kappa shape index (κ2) is 15.8. The van der Waals surface area contributed by atoms with Gasteiger partial charge in [-0.15, -0.1) is 4.33 Å². The van der Waals surface area contributed by atoms with Crippen molar-refractivity contribution in [1.29, 1.82) is 0 Å². The molecule has 5 rings (SSSR count). The predicted molar refractivity (Wildman–Crippen MR) is 179 cm³/mol. The summed E-state index contributed by atoms with van der Waals surface area (Å²) in [5.41, 5.74) is 5.32. The van der Waals surface area contributed by atoms with E-state index in [1.165, 1.54) is 19.3 Å². The lowest BCUT2D eigenvalue weighted by atomic mass is 9.78. The van der Waals surface area contributed by atoms with Crippen LogP contribution in [0.1, 0.15) is 67.4 Å². The molecule has 3 aromatic rings. The van der Waals surface area contributed by atoms with Crippen LogP contribution in [0.25, 0.3) is 11.1 Å². The fourth-order valence-electron chi connectivity index (χ4n) is 6.22. The highest BCUT2D eigenvalue weighted by molar-refractivity contribution is 7.86. The summed E-state index contributed by atoms with van der Waals surface area (Å²) in [7, 11) is 0.948. The fraction of sp³-hybridized carbons (Fsp3) is 0.444. The second-order valence-electron chi connectivity index (χ2n) is 11.6. The van der Waals surface area contributed by atoms with Gasteiger partial charge in [-0.1, -0.05) is 31.5 Å². The lowest BCUT2D eigenvalue weighted by Gasteiger charge is -2.30. The standard InChI is InChI=1S/C36H45NO8S/c1-5-23-46(38,39)45-44-36(26-9-12-28(13-10-26)43-22-21-37-19-7-6-8-20-37)35-31-17-14-29(40-2)24-27(31)11-16-33(35)32-18-15-30(41-3)25-34(32)42-4/h9-10,12-15,17-18,24-25,36H,5-8,11,16,19-23H2,1-4H3. The molecule has 1 fully saturated rings. The number of fused-ring (bicyclic) bond motifs is 1. The highest BCUT2D eigenvalue weighted by Crippen LogP contribution is 2.48. The first-order valence-electron chi connectivity index (χ1n) is 16.0. The fourth-order valence-corrected chi connectivity index (χ4v) is 6.98. The molecule has 1 aliphatic heterocycles. The average molecular weight is 652 g/mol. The van der Waals surface area contributed by atoms with Crippen LogP contribution in [0, 0.1) is 0 Å². The maximum absolute atomic E-state index is 12.8. The minimum Gasteiger partial charge on any atom is -0.497 e. The Morgan fingerprint density at radius 1 is 0.783 bits per heavy atom. The van der Waals surface area contributed by atoms with E-state index in [1.807, 2.05) is 60.7 Å². The van der Waals surface area contributed by atoms with Crippen LogP contribution in [0.15, 0.2) is 60.7 Å². The number of allylic oxidation sites excluding steroid dienone is 1. The van der Waals surface area contributed by atoms with Crippen LogP contribution in [-0.4, -0.2) is 66.6 Å². The Bertz CT molecular complexity index is 1600. The van der Waals surface area contributed by atoms with E-state index in [0.717, 1.165) is 71.0 Å². The van der Waals surface area contributed by atoms with Gasteiger partial charge in [-0.2, -0.15) is 8.42 Å². The summed E-state index contributed by atoms with van der Waals surface area (Å²) in [6, 6.07) is 19.2. The van der Waals surface area contributed by atoms with Crippen molar-refractivity contribution < 1.29 is 36.6 Å². The molecule has 1 unspecified atom stereocenters. The van der Waals surface area contributed by atoms with E-state index in [-0.39, 0.29) is 5.75 Å². The molecule has 0 saturated carbocycles. The van der Waals surface area contributed by atoms with Gasteiger partial charge >= 0.3 is 0 Å². The third kappa shape index (κ3) is 8.22. The third-order valence-corrected chi connectivity index (χ3v) is 9.76. The third-order valence-electron chi connectivity index (χ3n) is 8.57. The molecule has 3 aromatic carbocycles. The number of hydrogen-bond acceptors (Lipinski definition) is 9. The van der Waals surface area contributed by atoms with Crippen molar-refractivity contribution in [2.75, 3.05) is 53.3 Å². The van der Waals surface area contributed by atoms with E-state index >= 15 is 0 Å². The molecular formula is C36H45NO8S. The Balaban J connectivity index is 1.56. The molecule has 10 heteroatoms. The van der Waals surface area contributed by atoms with Crippen LogP contribution in [0.3, 0.4) is 0 Å². The van der Waals surface area contributed by atoms with E-state index < -0.39 is 16.2 Å². The van der Waals surface area contributed by atoms with Crippen molar-refractivity contribution in [3.8, 4) is 23.0 Å². The highest BCUT2D eigenvalue weighted by atomic mass is 32.2. The van der Waals surface area contributed by atoms with Gasteiger partial charge in [0.2, 0.25) is 0 Å². The lowest BCUT2D eigenvalue weighted by molar-refractivity contribution is -0.226. The van der Waals surface area contributed by atoms with E-state index in [1.54, 1.807) is 28.3 Å². The number of ether oxygens (including phenoxy) is 4. The van der Waals surface area contributed by atoms with Crippen molar-refractivity contribution in [3.63, 3.8) is 0 Å².